The van der Waals surface area contributed by atoms with E-state index in [1.165, 1.54) is 13.1 Å². The number of nitrogens with zero attached hydrogens (tertiary/aromatic N) is 4. The van der Waals surface area contributed by atoms with Crippen LogP contribution in [0.1, 0.15) is 15.9 Å². The second kappa shape index (κ2) is 10.0. The second-order valence-corrected chi connectivity index (χ2v) is 8.15. The Balaban J connectivity index is 1.91. The van der Waals surface area contributed by atoms with Crippen molar-refractivity contribution < 1.29 is 18.4 Å². The van der Waals surface area contributed by atoms with Gasteiger partial charge in [-0.2, -0.15) is 4.98 Å². The quantitative estimate of drug-likeness (QED) is 0.479. The third-order valence-corrected chi connectivity index (χ3v) is 5.45. The van der Waals surface area contributed by atoms with Gasteiger partial charge in [0.25, 0.3) is 5.91 Å². The van der Waals surface area contributed by atoms with Gasteiger partial charge < -0.3 is 20.9 Å². The van der Waals surface area contributed by atoms with Gasteiger partial charge in [-0.05, 0) is 38.4 Å². The predicted molar refractivity (Wildman–Crippen MR) is 129 cm³/mol. The van der Waals surface area contributed by atoms with Gasteiger partial charge >= 0.3 is 6.03 Å². The molecule has 0 unspecified atom stereocenters. The average Bonchev–Trinajstić information content (AvgIpc) is 2.84. The molecule has 0 aliphatic carbocycles. The Hall–Kier alpha value is -4.12. The number of benzene rings is 2. The number of carbonyl (C=O) groups is 2. The summed E-state index contributed by atoms with van der Waals surface area (Å²) in [5, 5.41) is 8.34. The lowest BCUT2D eigenvalue weighted by molar-refractivity contribution is 0.0963. The number of urea groups is 1. The van der Waals surface area contributed by atoms with Crippen molar-refractivity contribution in [2.45, 2.75) is 6.54 Å². The summed E-state index contributed by atoms with van der Waals surface area (Å²) in [6.45, 7) is 1.20. The van der Waals surface area contributed by atoms with E-state index in [2.05, 4.69) is 25.9 Å². The Morgan fingerprint density at radius 2 is 1.86 bits per heavy atom. The molecule has 0 fully saturated rings. The van der Waals surface area contributed by atoms with Crippen molar-refractivity contribution in [3.8, 4) is 11.3 Å². The summed E-state index contributed by atoms with van der Waals surface area (Å²) in [5.74, 6) is -1.85. The van der Waals surface area contributed by atoms with E-state index in [1.807, 2.05) is 19.0 Å². The molecule has 1 aliphatic heterocycles. The first kappa shape index (κ1) is 24.0. The summed E-state index contributed by atoms with van der Waals surface area (Å²) in [6.07, 6.45) is 0. The van der Waals surface area contributed by atoms with Gasteiger partial charge in [0.05, 0.1) is 12.2 Å². The summed E-state index contributed by atoms with van der Waals surface area (Å²) in [7, 11) is 5.36. The first-order valence-corrected chi connectivity index (χ1v) is 10.9. The summed E-state index contributed by atoms with van der Waals surface area (Å²) < 4.78 is 29.5. The van der Waals surface area contributed by atoms with E-state index < -0.39 is 23.4 Å². The minimum atomic E-state index is -0.906. The second-order valence-electron chi connectivity index (χ2n) is 8.15. The zero-order valence-corrected chi connectivity index (χ0v) is 19.5. The Kier molecular flexibility index (Phi) is 6.87. The molecule has 0 radical (unpaired) electrons. The molecule has 4 rings (SSSR count). The van der Waals surface area contributed by atoms with Crippen molar-refractivity contribution in [1.29, 1.82) is 0 Å². The largest absolute Gasteiger partial charge is 0.355 e. The number of rotatable bonds is 7. The highest BCUT2D eigenvalue weighted by atomic mass is 19.1. The highest BCUT2D eigenvalue weighted by Gasteiger charge is 2.34. The lowest BCUT2D eigenvalue weighted by Gasteiger charge is -2.30. The lowest BCUT2D eigenvalue weighted by atomic mass is 10.0. The third-order valence-electron chi connectivity index (χ3n) is 5.45. The molecule has 3 aromatic rings. The van der Waals surface area contributed by atoms with Gasteiger partial charge in [0, 0.05) is 36.8 Å². The minimum absolute atomic E-state index is 0.0399. The molecule has 0 spiro atoms. The number of halogens is 2. The smallest absolute Gasteiger partial charge is 0.328 e. The van der Waals surface area contributed by atoms with Crippen LogP contribution in [-0.2, 0) is 6.54 Å². The average molecular weight is 482 g/mol. The molecule has 9 nitrogen and oxygen atoms in total. The zero-order valence-electron chi connectivity index (χ0n) is 19.5. The number of carbonyl (C=O) groups excluding carboxylic acids is 2. The molecule has 3 N–H and O–H groups in total. The van der Waals surface area contributed by atoms with Gasteiger partial charge in [0.15, 0.2) is 5.82 Å². The fourth-order valence-electron chi connectivity index (χ4n) is 3.73. The van der Waals surface area contributed by atoms with E-state index in [1.54, 1.807) is 24.3 Å². The van der Waals surface area contributed by atoms with Crippen LogP contribution >= 0.6 is 0 Å². The number of likely N-dealkylation sites (N-methyl/N-ethyl adjacent to an activating group) is 1. The first-order valence-electron chi connectivity index (χ1n) is 10.9. The zero-order chi connectivity index (χ0) is 25.1. The Morgan fingerprint density at radius 1 is 1.14 bits per heavy atom. The van der Waals surface area contributed by atoms with Crippen molar-refractivity contribution in [2.24, 2.45) is 0 Å². The first-order chi connectivity index (χ1) is 16.8. The Labute approximate surface area is 201 Å². The monoisotopic (exact) mass is 481 g/mol. The molecule has 0 saturated carbocycles. The predicted octanol–water partition coefficient (Wildman–Crippen LogP) is 3.12. The van der Waals surface area contributed by atoms with Crippen LogP contribution < -0.4 is 20.9 Å². The van der Waals surface area contributed by atoms with Crippen LogP contribution in [0.5, 0.6) is 0 Å². The molecular formula is C24H25F2N7O2. The number of hydrogen-bond donors (Lipinski definition) is 3. The maximum absolute atomic E-state index is 14.7. The fourth-order valence-corrected chi connectivity index (χ4v) is 3.73. The van der Waals surface area contributed by atoms with Gasteiger partial charge in [-0.25, -0.2) is 23.5 Å². The molecule has 2 aromatic carbocycles. The topological polar surface area (TPSA) is 102 Å². The van der Waals surface area contributed by atoms with Crippen LogP contribution in [0.2, 0.25) is 0 Å². The molecule has 0 atom stereocenters. The van der Waals surface area contributed by atoms with Crippen molar-refractivity contribution in [3.63, 3.8) is 0 Å². The van der Waals surface area contributed by atoms with Crippen LogP contribution in [0, 0.1) is 11.6 Å². The van der Waals surface area contributed by atoms with E-state index in [-0.39, 0.29) is 24.2 Å². The molecule has 1 aromatic heterocycles. The lowest BCUT2D eigenvalue weighted by Crippen LogP contribution is -2.43. The van der Waals surface area contributed by atoms with Crippen molar-refractivity contribution in [1.82, 2.24) is 25.5 Å². The van der Waals surface area contributed by atoms with E-state index >= 15 is 0 Å². The number of amides is 3. The summed E-state index contributed by atoms with van der Waals surface area (Å²) >= 11 is 0. The van der Waals surface area contributed by atoms with E-state index in [4.69, 9.17) is 0 Å². The number of hydrogen-bond acceptors (Lipinski definition) is 6. The van der Waals surface area contributed by atoms with Crippen LogP contribution in [-0.4, -0.2) is 61.0 Å². The van der Waals surface area contributed by atoms with E-state index in [0.717, 1.165) is 17.0 Å². The highest BCUT2D eigenvalue weighted by molar-refractivity contribution is 6.02. The van der Waals surface area contributed by atoms with Gasteiger partial charge in [-0.3, -0.25) is 4.79 Å². The van der Waals surface area contributed by atoms with Crippen molar-refractivity contribution in [2.75, 3.05) is 44.4 Å². The third kappa shape index (κ3) is 4.90. The van der Waals surface area contributed by atoms with Crippen molar-refractivity contribution >= 4 is 29.4 Å². The molecule has 182 valence electrons. The molecule has 0 bridgehead atoms. The number of aromatic nitrogens is 2. The van der Waals surface area contributed by atoms with Crippen LogP contribution in [0.3, 0.4) is 0 Å². The van der Waals surface area contributed by atoms with Gasteiger partial charge in [0.2, 0.25) is 5.95 Å². The van der Waals surface area contributed by atoms with E-state index in [0.29, 0.717) is 35.5 Å². The van der Waals surface area contributed by atoms with Gasteiger partial charge in [-0.15, -0.1) is 0 Å². The summed E-state index contributed by atoms with van der Waals surface area (Å²) in [6, 6.07) is 9.46. The van der Waals surface area contributed by atoms with E-state index in [9.17, 15) is 18.4 Å². The molecule has 35 heavy (non-hydrogen) atoms. The summed E-state index contributed by atoms with van der Waals surface area (Å²) in [4.78, 5) is 37.0. The SMILES string of the molecule is CNC(=O)c1cccc(-c2nc(NCCN(C)C)nc3c2CNC(=O)N3c2c(F)cccc2F)c1. The van der Waals surface area contributed by atoms with Gasteiger partial charge in [0.1, 0.15) is 17.3 Å². The number of nitrogens with one attached hydrogen (secondary N) is 3. The maximum atomic E-state index is 14.7. The standard InChI is InChI=1S/C24H25F2N7O2/c1-27-22(34)15-7-4-6-14(12-15)19-16-13-29-24(35)33(20-17(25)8-5-9-18(20)26)21(16)31-23(30-19)28-10-11-32(2)3/h4-9,12H,10-11,13H2,1-3H3,(H,27,34)(H,29,35)(H,28,30,31). The maximum Gasteiger partial charge on any atom is 0.328 e. The molecule has 0 saturated heterocycles. The normalized spacial score (nSPS) is 12.9. The highest BCUT2D eigenvalue weighted by Crippen LogP contribution is 2.38. The minimum Gasteiger partial charge on any atom is -0.355 e. The number of anilines is 3. The molecule has 1 aliphatic rings. The van der Waals surface area contributed by atoms with Crippen molar-refractivity contribution in [3.05, 3.63) is 65.2 Å². The molecule has 11 heteroatoms. The summed E-state index contributed by atoms with van der Waals surface area (Å²) in [5.41, 5.74) is 1.35. The van der Waals surface area contributed by atoms with Crippen LogP contribution in [0.15, 0.2) is 42.5 Å². The van der Waals surface area contributed by atoms with Crippen LogP contribution in [0.25, 0.3) is 11.3 Å². The Bertz CT molecular complexity index is 1260. The number of para-hydroxylation sites is 1. The van der Waals surface area contributed by atoms with Gasteiger partial charge in [-0.1, -0.05) is 18.2 Å². The fraction of sp³-hybridized carbons (Fsp3) is 0.250. The number of fused-ring (bicyclic) bond motifs is 1. The molecule has 2 heterocycles. The Morgan fingerprint density at radius 3 is 2.54 bits per heavy atom. The molecular weight excluding hydrogens is 456 g/mol. The van der Waals surface area contributed by atoms with Crippen LogP contribution in [0.4, 0.5) is 31.0 Å². The molecule has 3 amide bonds.